The number of rotatable bonds is 6. The van der Waals surface area contributed by atoms with Gasteiger partial charge in [-0.1, -0.05) is 13.8 Å². The predicted molar refractivity (Wildman–Crippen MR) is 116 cm³/mol. The summed E-state index contributed by atoms with van der Waals surface area (Å²) in [6, 6.07) is 3.42. The molecule has 1 aromatic rings. The molecule has 3 rings (SSSR count). The Morgan fingerprint density at radius 2 is 1.82 bits per heavy atom. The molecule has 1 amide bonds. The fraction of sp³-hybridized carbons (Fsp3) is 0.737. The van der Waals surface area contributed by atoms with Gasteiger partial charge in [0.05, 0.1) is 3.79 Å². The standard InChI is InChI=1S/C19H30BrN3O3S2/c1-3-8-21-11-13-22(14-12-21)19(24)15(2)16-6-9-23(10-7-16)28(25,26)18-5-4-17(20)27-18/h4-5,15-16H,3,6-14H2,1-2H3. The molecule has 1 atom stereocenters. The number of amides is 1. The minimum atomic E-state index is -3.42. The van der Waals surface area contributed by atoms with Crippen LogP contribution in [0.15, 0.2) is 20.1 Å². The summed E-state index contributed by atoms with van der Waals surface area (Å²) in [7, 11) is -3.42. The molecule has 6 nitrogen and oxygen atoms in total. The molecule has 0 N–H and O–H groups in total. The summed E-state index contributed by atoms with van der Waals surface area (Å²) in [5, 5.41) is 0. The summed E-state index contributed by atoms with van der Waals surface area (Å²) < 4.78 is 28.3. The number of halogens is 1. The van der Waals surface area contributed by atoms with Crippen molar-refractivity contribution >= 4 is 43.2 Å². The van der Waals surface area contributed by atoms with E-state index in [1.807, 2.05) is 11.8 Å². The molecule has 2 fully saturated rings. The Hall–Kier alpha value is -0.480. The summed E-state index contributed by atoms with van der Waals surface area (Å²) in [5.74, 6) is 0.445. The van der Waals surface area contributed by atoms with Gasteiger partial charge in [0.1, 0.15) is 4.21 Å². The maximum Gasteiger partial charge on any atom is 0.252 e. The first kappa shape index (κ1) is 22.2. The van der Waals surface area contributed by atoms with E-state index in [1.54, 1.807) is 16.4 Å². The van der Waals surface area contributed by atoms with Crippen LogP contribution >= 0.6 is 27.3 Å². The van der Waals surface area contributed by atoms with E-state index in [2.05, 4.69) is 27.8 Å². The van der Waals surface area contributed by atoms with Crippen LogP contribution in [0.2, 0.25) is 0 Å². The van der Waals surface area contributed by atoms with Crippen LogP contribution in [0.4, 0.5) is 0 Å². The number of hydrogen-bond donors (Lipinski definition) is 0. The van der Waals surface area contributed by atoms with Crippen molar-refractivity contribution in [1.82, 2.24) is 14.1 Å². The molecule has 0 saturated carbocycles. The van der Waals surface area contributed by atoms with Crippen molar-refractivity contribution < 1.29 is 13.2 Å². The summed E-state index contributed by atoms with van der Waals surface area (Å²) in [4.78, 5) is 17.4. The molecule has 1 unspecified atom stereocenters. The first-order valence-electron chi connectivity index (χ1n) is 10.1. The molecule has 1 aromatic heterocycles. The zero-order valence-corrected chi connectivity index (χ0v) is 19.9. The van der Waals surface area contributed by atoms with Gasteiger partial charge in [-0.2, -0.15) is 4.31 Å². The monoisotopic (exact) mass is 491 g/mol. The van der Waals surface area contributed by atoms with Gasteiger partial charge in [0.15, 0.2) is 0 Å². The van der Waals surface area contributed by atoms with E-state index in [0.29, 0.717) is 17.3 Å². The van der Waals surface area contributed by atoms with Crippen molar-refractivity contribution in [3.05, 3.63) is 15.9 Å². The molecule has 0 radical (unpaired) electrons. The van der Waals surface area contributed by atoms with Gasteiger partial charge in [0.25, 0.3) is 10.0 Å². The van der Waals surface area contributed by atoms with Crippen LogP contribution in [0.5, 0.6) is 0 Å². The molecule has 0 aliphatic carbocycles. The lowest BCUT2D eigenvalue weighted by Gasteiger charge is -2.38. The van der Waals surface area contributed by atoms with Gasteiger partial charge in [-0.3, -0.25) is 9.69 Å². The lowest BCUT2D eigenvalue weighted by atomic mass is 9.85. The third kappa shape index (κ3) is 4.98. The lowest BCUT2D eigenvalue weighted by Crippen LogP contribution is -2.51. The minimum Gasteiger partial charge on any atom is -0.340 e. The molecule has 0 spiro atoms. The maximum atomic E-state index is 12.9. The highest BCUT2D eigenvalue weighted by atomic mass is 79.9. The largest absolute Gasteiger partial charge is 0.340 e. The maximum absolute atomic E-state index is 12.9. The van der Waals surface area contributed by atoms with E-state index in [-0.39, 0.29) is 17.7 Å². The number of piperidine rings is 1. The van der Waals surface area contributed by atoms with E-state index in [4.69, 9.17) is 0 Å². The number of piperazine rings is 1. The molecule has 2 saturated heterocycles. The highest BCUT2D eigenvalue weighted by molar-refractivity contribution is 9.11. The summed E-state index contributed by atoms with van der Waals surface area (Å²) >= 11 is 4.58. The van der Waals surface area contributed by atoms with Gasteiger partial charge in [0.2, 0.25) is 5.91 Å². The number of sulfonamides is 1. The minimum absolute atomic E-state index is 0.0431. The summed E-state index contributed by atoms with van der Waals surface area (Å²) in [6.45, 7) is 9.82. The molecular weight excluding hydrogens is 462 g/mol. The van der Waals surface area contributed by atoms with Crippen LogP contribution in [-0.2, 0) is 14.8 Å². The third-order valence-corrected chi connectivity index (χ3v) is 9.95. The Labute approximate surface area is 181 Å². The smallest absolute Gasteiger partial charge is 0.252 e. The third-order valence-electron chi connectivity index (χ3n) is 5.96. The molecule has 0 bridgehead atoms. The summed E-state index contributed by atoms with van der Waals surface area (Å²) in [5.41, 5.74) is 0. The van der Waals surface area contributed by atoms with E-state index in [1.165, 1.54) is 11.3 Å². The van der Waals surface area contributed by atoms with Crippen molar-refractivity contribution in [2.24, 2.45) is 11.8 Å². The first-order valence-corrected chi connectivity index (χ1v) is 13.1. The SMILES string of the molecule is CCCN1CCN(C(=O)C(C)C2CCN(S(=O)(=O)c3ccc(Br)s3)CC2)CC1. The molecule has 158 valence electrons. The van der Waals surface area contributed by atoms with E-state index >= 15 is 0 Å². The van der Waals surface area contributed by atoms with E-state index in [0.717, 1.165) is 55.8 Å². The van der Waals surface area contributed by atoms with Gasteiger partial charge >= 0.3 is 0 Å². The Balaban J connectivity index is 1.52. The first-order chi connectivity index (χ1) is 13.3. The number of carbonyl (C=O) groups excluding carboxylic acids is 1. The average molecular weight is 493 g/mol. The van der Waals surface area contributed by atoms with E-state index in [9.17, 15) is 13.2 Å². The zero-order valence-electron chi connectivity index (χ0n) is 16.6. The fourth-order valence-corrected chi connectivity index (χ4v) is 7.81. The molecule has 0 aromatic carbocycles. The number of carbonyl (C=O) groups is 1. The second kappa shape index (κ2) is 9.55. The number of thiophene rings is 1. The van der Waals surface area contributed by atoms with Gasteiger partial charge in [-0.15, -0.1) is 11.3 Å². The molecule has 9 heteroatoms. The van der Waals surface area contributed by atoms with Crippen molar-refractivity contribution in [2.75, 3.05) is 45.8 Å². The number of nitrogens with zero attached hydrogens (tertiary/aromatic N) is 3. The average Bonchev–Trinajstić information content (AvgIpc) is 3.15. The second-order valence-corrected chi connectivity index (χ2v) is 12.4. The van der Waals surface area contributed by atoms with Crippen molar-refractivity contribution in [3.63, 3.8) is 0 Å². The molecule has 2 aliphatic rings. The highest BCUT2D eigenvalue weighted by Gasteiger charge is 2.35. The number of hydrogen-bond acceptors (Lipinski definition) is 5. The molecular formula is C19H30BrN3O3S2. The predicted octanol–water partition coefficient (Wildman–Crippen LogP) is 3.10. The van der Waals surface area contributed by atoms with Gasteiger partial charge < -0.3 is 4.90 Å². The van der Waals surface area contributed by atoms with E-state index < -0.39 is 10.0 Å². The Morgan fingerprint density at radius 3 is 2.36 bits per heavy atom. The van der Waals surface area contributed by atoms with Crippen LogP contribution in [0.25, 0.3) is 0 Å². The molecule has 28 heavy (non-hydrogen) atoms. The Kier molecular flexibility index (Phi) is 7.58. The van der Waals surface area contributed by atoms with Gasteiger partial charge in [0, 0.05) is 45.2 Å². The Morgan fingerprint density at radius 1 is 1.18 bits per heavy atom. The van der Waals surface area contributed by atoms with Crippen LogP contribution in [0.1, 0.15) is 33.1 Å². The lowest BCUT2D eigenvalue weighted by molar-refractivity contribution is -0.139. The van der Waals surface area contributed by atoms with Crippen LogP contribution in [0, 0.1) is 11.8 Å². The normalized spacial score (nSPS) is 21.8. The van der Waals surface area contributed by atoms with Crippen molar-refractivity contribution in [3.8, 4) is 0 Å². The van der Waals surface area contributed by atoms with Gasteiger partial charge in [-0.05, 0) is 59.8 Å². The molecule has 3 heterocycles. The highest BCUT2D eigenvalue weighted by Crippen LogP contribution is 2.33. The summed E-state index contributed by atoms with van der Waals surface area (Å²) in [6.07, 6.45) is 2.64. The van der Waals surface area contributed by atoms with Crippen molar-refractivity contribution in [2.45, 2.75) is 37.3 Å². The zero-order chi connectivity index (χ0) is 20.3. The quantitative estimate of drug-likeness (QED) is 0.613. The van der Waals surface area contributed by atoms with Crippen LogP contribution in [-0.4, -0.2) is 74.2 Å². The Bertz CT molecular complexity index is 767. The van der Waals surface area contributed by atoms with Crippen molar-refractivity contribution in [1.29, 1.82) is 0 Å². The fourth-order valence-electron chi connectivity index (χ4n) is 4.18. The second-order valence-electron chi connectivity index (χ2n) is 7.76. The van der Waals surface area contributed by atoms with Gasteiger partial charge in [-0.25, -0.2) is 8.42 Å². The molecule has 2 aliphatic heterocycles. The van der Waals surface area contributed by atoms with Crippen LogP contribution < -0.4 is 0 Å². The topological polar surface area (TPSA) is 60.9 Å². The van der Waals surface area contributed by atoms with Crippen LogP contribution in [0.3, 0.4) is 0 Å².